The predicted molar refractivity (Wildman–Crippen MR) is 7.61 cm³/mol. The Morgan fingerprint density at radius 1 is 1.14 bits per heavy atom. The van der Waals surface area contributed by atoms with E-state index in [-0.39, 0.29) is 34.1 Å². The van der Waals surface area contributed by atoms with E-state index in [1.54, 1.807) is 0 Å². The van der Waals surface area contributed by atoms with Crippen molar-refractivity contribution in [2.45, 2.75) is 0 Å². The predicted octanol–water partition coefficient (Wildman–Crippen LogP) is -2.83. The molecule has 0 bridgehead atoms. The first-order valence-electron chi connectivity index (χ1n) is 0.730. The van der Waals surface area contributed by atoms with Crippen LogP contribution in [0.2, 0.25) is 0 Å². The van der Waals surface area contributed by atoms with Gasteiger partial charge >= 0.3 is 34.1 Å². The van der Waals surface area contributed by atoms with E-state index < -0.39 is 7.82 Å². The van der Waals surface area contributed by atoms with E-state index in [9.17, 15) is 0 Å². The zero-order valence-corrected chi connectivity index (χ0v) is 5.46. The SMILES string of the molecule is O=P([O-])([O-])[O-].[Cu+2].[Cu+]. The molecular formula is Cu2O4P. The van der Waals surface area contributed by atoms with E-state index in [0.29, 0.717) is 0 Å². The van der Waals surface area contributed by atoms with Crippen LogP contribution >= 0.6 is 7.82 Å². The van der Waals surface area contributed by atoms with Crippen LogP contribution in [0.5, 0.6) is 0 Å². The molecule has 0 aliphatic rings. The molecule has 0 saturated heterocycles. The molecule has 0 saturated carbocycles. The van der Waals surface area contributed by atoms with Gasteiger partial charge in [-0.1, -0.05) is 0 Å². The average molecular weight is 222 g/mol. The van der Waals surface area contributed by atoms with Gasteiger partial charge in [0.15, 0.2) is 0 Å². The minimum Gasteiger partial charge on any atom is -0.822 e. The largest absolute Gasteiger partial charge is 2.00 e. The van der Waals surface area contributed by atoms with Gasteiger partial charge < -0.3 is 19.2 Å². The number of hydrogen-bond acceptors (Lipinski definition) is 4. The Bertz CT molecular complexity index is 55.8. The van der Waals surface area contributed by atoms with Crippen LogP contribution < -0.4 is 14.7 Å². The molecule has 0 aliphatic heterocycles. The minimum absolute atomic E-state index is 0. The van der Waals surface area contributed by atoms with Crippen LogP contribution in [-0.2, 0) is 38.7 Å². The van der Waals surface area contributed by atoms with Gasteiger partial charge in [-0.3, -0.25) is 0 Å². The molecule has 0 heterocycles. The first-order valence-corrected chi connectivity index (χ1v) is 2.19. The maximum Gasteiger partial charge on any atom is 2.00 e. The average Bonchev–Trinajstić information content (AvgIpc) is 0.722. The quantitative estimate of drug-likeness (QED) is 0.326. The molecule has 0 amide bonds. The normalized spacial score (nSPS) is 8.43. The summed E-state index contributed by atoms with van der Waals surface area (Å²) in [5, 5.41) is 0. The molecule has 0 rings (SSSR count). The van der Waals surface area contributed by atoms with Crippen molar-refractivity contribution in [1.82, 2.24) is 0 Å². The fraction of sp³-hybridized carbons (Fsp3) is 0. The van der Waals surface area contributed by atoms with Crippen molar-refractivity contribution in [3.8, 4) is 0 Å². The van der Waals surface area contributed by atoms with E-state index in [0.717, 1.165) is 0 Å². The van der Waals surface area contributed by atoms with E-state index in [1.165, 1.54) is 0 Å². The molecule has 0 spiro atoms. The Hall–Kier alpha value is 1.15. The molecule has 7 heteroatoms. The molecule has 4 nitrogen and oxygen atoms in total. The molecule has 51 valence electrons. The standard InChI is InChI=1S/2Cu.H3O4P/c;;1-5(2,3)4/h;;(H3,1,2,3,4)/q+1;+2;/p-3. The summed E-state index contributed by atoms with van der Waals surface area (Å²) in [6.45, 7) is 0. The summed E-state index contributed by atoms with van der Waals surface area (Å²) in [6, 6.07) is 0. The number of rotatable bonds is 0. The van der Waals surface area contributed by atoms with E-state index >= 15 is 0 Å². The second kappa shape index (κ2) is 5.29. The number of phosphoric acid groups is 1. The summed E-state index contributed by atoms with van der Waals surface area (Å²) in [4.78, 5) is 25.6. The summed E-state index contributed by atoms with van der Waals surface area (Å²) >= 11 is 0. The van der Waals surface area contributed by atoms with Crippen molar-refractivity contribution in [2.24, 2.45) is 0 Å². The van der Waals surface area contributed by atoms with Crippen molar-refractivity contribution in [2.75, 3.05) is 0 Å². The second-order valence-corrected chi connectivity index (χ2v) is 1.34. The Kier molecular flexibility index (Phi) is 11.9. The first kappa shape index (κ1) is 15.7. The molecule has 0 aromatic heterocycles. The summed E-state index contributed by atoms with van der Waals surface area (Å²) < 4.78 is 8.55. The van der Waals surface area contributed by atoms with Gasteiger partial charge in [-0.25, -0.2) is 0 Å². The van der Waals surface area contributed by atoms with Gasteiger partial charge in [0.2, 0.25) is 0 Å². The molecule has 0 unspecified atom stereocenters. The van der Waals surface area contributed by atoms with Crippen LogP contribution in [0.15, 0.2) is 0 Å². The van der Waals surface area contributed by atoms with Crippen molar-refractivity contribution < 1.29 is 53.4 Å². The topological polar surface area (TPSA) is 86.2 Å². The summed E-state index contributed by atoms with van der Waals surface area (Å²) in [7, 11) is -5.39. The maximum atomic E-state index is 8.55. The zero-order chi connectivity index (χ0) is 4.50. The van der Waals surface area contributed by atoms with E-state index in [1.807, 2.05) is 0 Å². The third-order valence-corrected chi connectivity index (χ3v) is 0. The third-order valence-electron chi connectivity index (χ3n) is 0. The Morgan fingerprint density at radius 2 is 1.14 bits per heavy atom. The van der Waals surface area contributed by atoms with Crippen LogP contribution in [0.1, 0.15) is 0 Å². The van der Waals surface area contributed by atoms with Crippen LogP contribution in [0, 0.1) is 0 Å². The van der Waals surface area contributed by atoms with Crippen molar-refractivity contribution in [1.29, 1.82) is 0 Å². The van der Waals surface area contributed by atoms with Crippen LogP contribution in [0.25, 0.3) is 0 Å². The van der Waals surface area contributed by atoms with Gasteiger partial charge in [0, 0.05) is 0 Å². The zero-order valence-electron chi connectivity index (χ0n) is 2.68. The Labute approximate surface area is 61.5 Å². The van der Waals surface area contributed by atoms with Crippen LogP contribution in [0.4, 0.5) is 0 Å². The molecule has 1 radical (unpaired) electrons. The van der Waals surface area contributed by atoms with Crippen LogP contribution in [-0.4, -0.2) is 0 Å². The van der Waals surface area contributed by atoms with Gasteiger partial charge in [-0.05, 0) is 0 Å². The van der Waals surface area contributed by atoms with Crippen molar-refractivity contribution in [3.05, 3.63) is 0 Å². The van der Waals surface area contributed by atoms with Crippen molar-refractivity contribution >= 4 is 7.82 Å². The molecule has 0 N–H and O–H groups in total. The molecular weight excluding hydrogens is 222 g/mol. The summed E-state index contributed by atoms with van der Waals surface area (Å²) in [5.41, 5.74) is 0. The fourth-order valence-corrected chi connectivity index (χ4v) is 0. The molecule has 0 aromatic carbocycles. The summed E-state index contributed by atoms with van der Waals surface area (Å²) in [5.74, 6) is 0. The monoisotopic (exact) mass is 221 g/mol. The van der Waals surface area contributed by atoms with E-state index in [2.05, 4.69) is 0 Å². The first-order chi connectivity index (χ1) is 2.00. The van der Waals surface area contributed by atoms with Gasteiger partial charge in [-0.15, -0.1) is 0 Å². The molecule has 0 aliphatic carbocycles. The molecule has 0 atom stereocenters. The minimum atomic E-state index is -5.39. The fourth-order valence-electron chi connectivity index (χ4n) is 0. The number of hydrogen-bond donors (Lipinski definition) is 0. The van der Waals surface area contributed by atoms with Crippen LogP contribution in [0.3, 0.4) is 0 Å². The van der Waals surface area contributed by atoms with Gasteiger partial charge in [0.1, 0.15) is 0 Å². The molecule has 0 fully saturated rings. The molecule has 7 heavy (non-hydrogen) atoms. The van der Waals surface area contributed by atoms with Gasteiger partial charge in [0.05, 0.1) is 0 Å². The van der Waals surface area contributed by atoms with Crippen molar-refractivity contribution in [3.63, 3.8) is 0 Å². The Morgan fingerprint density at radius 3 is 1.14 bits per heavy atom. The van der Waals surface area contributed by atoms with Gasteiger partial charge in [-0.2, -0.15) is 7.82 Å². The smallest absolute Gasteiger partial charge is 0.822 e. The maximum absolute atomic E-state index is 8.55. The Balaban J connectivity index is -0.0000000800. The third kappa shape index (κ3) is 144. The second-order valence-electron chi connectivity index (χ2n) is 0.447. The molecule has 0 aromatic rings. The van der Waals surface area contributed by atoms with Gasteiger partial charge in [0.25, 0.3) is 0 Å². The summed E-state index contributed by atoms with van der Waals surface area (Å²) in [6.07, 6.45) is 0. The van der Waals surface area contributed by atoms with E-state index in [4.69, 9.17) is 19.2 Å².